The van der Waals surface area contributed by atoms with Crippen LogP contribution in [-0.4, -0.2) is 0 Å². The van der Waals surface area contributed by atoms with Gasteiger partial charge in [0.2, 0.25) is 0 Å². The number of hydrogen-bond donors (Lipinski definition) is 0. The van der Waals surface area contributed by atoms with Gasteiger partial charge in [0.05, 0.1) is 0 Å². The summed E-state index contributed by atoms with van der Waals surface area (Å²) < 4.78 is 0. The molecule has 1 aromatic carbocycles. The SMILES string of the molecule is [Li+].[NH-]Cc1ccccc1. The predicted molar refractivity (Wildman–Crippen MR) is 34.5 cm³/mol. The van der Waals surface area contributed by atoms with Gasteiger partial charge in [-0.3, -0.25) is 0 Å². The van der Waals surface area contributed by atoms with E-state index in [2.05, 4.69) is 0 Å². The molecule has 0 bridgehead atoms. The molecule has 0 unspecified atom stereocenters. The van der Waals surface area contributed by atoms with E-state index in [4.69, 9.17) is 5.73 Å². The summed E-state index contributed by atoms with van der Waals surface area (Å²) in [4.78, 5) is 0. The minimum absolute atomic E-state index is 0. The van der Waals surface area contributed by atoms with Crippen LogP contribution in [0.2, 0.25) is 0 Å². The first-order chi connectivity index (χ1) is 3.93. The average molecular weight is 113 g/mol. The zero-order valence-electron chi connectivity index (χ0n) is 5.59. The zero-order chi connectivity index (χ0) is 5.82. The first-order valence-corrected chi connectivity index (χ1v) is 2.62. The van der Waals surface area contributed by atoms with Gasteiger partial charge in [0.1, 0.15) is 0 Å². The van der Waals surface area contributed by atoms with Gasteiger partial charge in [0, 0.05) is 0 Å². The Morgan fingerprint density at radius 2 is 1.67 bits per heavy atom. The monoisotopic (exact) mass is 113 g/mol. The molecule has 0 radical (unpaired) electrons. The Hall–Kier alpha value is -0.223. The normalized spacial score (nSPS) is 8.11. The fraction of sp³-hybridized carbons (Fsp3) is 0.143. The Bertz CT molecular complexity index is 150. The van der Waals surface area contributed by atoms with E-state index in [0.717, 1.165) is 5.56 Å². The van der Waals surface area contributed by atoms with Crippen molar-refractivity contribution in [1.29, 1.82) is 0 Å². The Balaban J connectivity index is 0.000000640. The molecule has 0 atom stereocenters. The molecule has 0 heterocycles. The summed E-state index contributed by atoms with van der Waals surface area (Å²) >= 11 is 0. The van der Waals surface area contributed by atoms with E-state index in [0.29, 0.717) is 6.54 Å². The first kappa shape index (κ1) is 8.78. The van der Waals surface area contributed by atoms with Crippen molar-refractivity contribution in [1.82, 2.24) is 0 Å². The van der Waals surface area contributed by atoms with Gasteiger partial charge >= 0.3 is 18.9 Å². The molecule has 0 aromatic heterocycles. The second-order valence-corrected chi connectivity index (χ2v) is 1.66. The second kappa shape index (κ2) is 4.64. The second-order valence-electron chi connectivity index (χ2n) is 1.66. The summed E-state index contributed by atoms with van der Waals surface area (Å²) in [7, 11) is 0. The molecular formula is C7H8LiN. The molecule has 0 amide bonds. The molecule has 0 aliphatic rings. The molecular weight excluding hydrogens is 105 g/mol. The van der Waals surface area contributed by atoms with Crippen LogP contribution in [0.1, 0.15) is 5.56 Å². The quantitative estimate of drug-likeness (QED) is 0.428. The van der Waals surface area contributed by atoms with Gasteiger partial charge in [0.25, 0.3) is 0 Å². The third kappa shape index (κ3) is 2.72. The molecule has 1 rings (SSSR count). The molecule has 0 spiro atoms. The number of hydrogen-bond acceptors (Lipinski definition) is 0. The van der Waals surface area contributed by atoms with Gasteiger partial charge in [0.15, 0.2) is 0 Å². The van der Waals surface area contributed by atoms with E-state index >= 15 is 0 Å². The summed E-state index contributed by atoms with van der Waals surface area (Å²) in [5.41, 5.74) is 8.02. The summed E-state index contributed by atoms with van der Waals surface area (Å²) in [6, 6.07) is 9.76. The van der Waals surface area contributed by atoms with Crippen LogP contribution >= 0.6 is 0 Å². The average Bonchev–Trinajstić information content (AvgIpc) is 1.90. The van der Waals surface area contributed by atoms with Crippen LogP contribution in [0.3, 0.4) is 0 Å². The van der Waals surface area contributed by atoms with Gasteiger partial charge in [-0.25, -0.2) is 0 Å². The van der Waals surface area contributed by atoms with Crippen LogP contribution in [0.5, 0.6) is 0 Å². The fourth-order valence-electron chi connectivity index (χ4n) is 0.596. The van der Waals surface area contributed by atoms with Crippen LogP contribution in [0.15, 0.2) is 30.3 Å². The maximum atomic E-state index is 6.94. The van der Waals surface area contributed by atoms with Crippen molar-refractivity contribution >= 4 is 0 Å². The predicted octanol–water partition coefficient (Wildman–Crippen LogP) is -0.757. The molecule has 0 saturated carbocycles. The third-order valence-electron chi connectivity index (χ3n) is 1.05. The summed E-state index contributed by atoms with van der Waals surface area (Å²) in [5.74, 6) is 0. The molecule has 0 aliphatic carbocycles. The van der Waals surface area contributed by atoms with Crippen LogP contribution < -0.4 is 18.9 Å². The van der Waals surface area contributed by atoms with Gasteiger partial charge in [-0.15, -0.1) is 6.54 Å². The molecule has 1 aromatic rings. The molecule has 0 fully saturated rings. The van der Waals surface area contributed by atoms with Crippen molar-refractivity contribution < 1.29 is 18.9 Å². The molecule has 1 nitrogen and oxygen atoms in total. The van der Waals surface area contributed by atoms with Gasteiger partial charge < -0.3 is 5.73 Å². The van der Waals surface area contributed by atoms with E-state index in [1.807, 2.05) is 30.3 Å². The molecule has 2 heteroatoms. The van der Waals surface area contributed by atoms with E-state index in [1.165, 1.54) is 0 Å². The smallest absolute Gasteiger partial charge is 0.674 e. The number of rotatable bonds is 1. The van der Waals surface area contributed by atoms with Crippen molar-refractivity contribution in [3.8, 4) is 0 Å². The number of nitrogens with one attached hydrogen (secondary N) is 1. The van der Waals surface area contributed by atoms with Crippen molar-refractivity contribution in [3.05, 3.63) is 41.6 Å². The third-order valence-corrected chi connectivity index (χ3v) is 1.05. The summed E-state index contributed by atoms with van der Waals surface area (Å²) in [6.07, 6.45) is 0. The van der Waals surface area contributed by atoms with Crippen LogP contribution in [0.25, 0.3) is 5.73 Å². The standard InChI is InChI=1S/C7H8N.Li/c8-6-7-4-2-1-3-5-7;/h1-5,8H,6H2;/q-1;+1. The Morgan fingerprint density at radius 3 is 2.00 bits per heavy atom. The molecule has 9 heavy (non-hydrogen) atoms. The van der Waals surface area contributed by atoms with Crippen molar-refractivity contribution in [2.75, 3.05) is 0 Å². The fourth-order valence-corrected chi connectivity index (χ4v) is 0.596. The largest absolute Gasteiger partial charge is 1.00 e. The minimum atomic E-state index is 0. The maximum absolute atomic E-state index is 6.94. The zero-order valence-corrected chi connectivity index (χ0v) is 5.59. The maximum Gasteiger partial charge on any atom is 1.00 e. The summed E-state index contributed by atoms with van der Waals surface area (Å²) in [5, 5.41) is 0. The topological polar surface area (TPSA) is 23.8 Å². The van der Waals surface area contributed by atoms with Gasteiger partial charge in [-0.2, -0.15) is 0 Å². The van der Waals surface area contributed by atoms with Crippen molar-refractivity contribution in [2.24, 2.45) is 0 Å². The van der Waals surface area contributed by atoms with Crippen LogP contribution in [-0.2, 0) is 6.54 Å². The van der Waals surface area contributed by atoms with Crippen molar-refractivity contribution in [2.45, 2.75) is 6.54 Å². The number of benzene rings is 1. The van der Waals surface area contributed by atoms with Crippen molar-refractivity contribution in [3.63, 3.8) is 0 Å². The Kier molecular flexibility index (Phi) is 4.52. The minimum Gasteiger partial charge on any atom is -0.674 e. The Morgan fingerprint density at radius 1 is 1.11 bits per heavy atom. The van der Waals surface area contributed by atoms with Crippen LogP contribution in [0.4, 0.5) is 0 Å². The van der Waals surface area contributed by atoms with E-state index < -0.39 is 0 Å². The Labute approximate surface area is 67.4 Å². The van der Waals surface area contributed by atoms with Crippen LogP contribution in [0, 0.1) is 0 Å². The van der Waals surface area contributed by atoms with Gasteiger partial charge in [-0.05, 0) is 0 Å². The molecule has 0 aliphatic heterocycles. The van der Waals surface area contributed by atoms with E-state index in [1.54, 1.807) is 0 Å². The molecule has 1 N–H and O–H groups in total. The summed E-state index contributed by atoms with van der Waals surface area (Å²) in [6.45, 7) is 0.390. The van der Waals surface area contributed by atoms with Gasteiger partial charge in [-0.1, -0.05) is 35.9 Å². The van der Waals surface area contributed by atoms with E-state index in [9.17, 15) is 0 Å². The molecule has 42 valence electrons. The molecule has 0 saturated heterocycles. The first-order valence-electron chi connectivity index (χ1n) is 2.62. The van der Waals surface area contributed by atoms with E-state index in [-0.39, 0.29) is 18.9 Å².